The van der Waals surface area contributed by atoms with E-state index in [0.29, 0.717) is 11.8 Å². The summed E-state index contributed by atoms with van der Waals surface area (Å²) in [6.07, 6.45) is 7.10. The van der Waals surface area contributed by atoms with Crippen molar-refractivity contribution in [2.45, 2.75) is 38.3 Å². The van der Waals surface area contributed by atoms with Crippen LogP contribution in [0.1, 0.15) is 24.8 Å². The Morgan fingerprint density at radius 1 is 1.12 bits per heavy atom. The molecule has 2 aromatic carbocycles. The first-order chi connectivity index (χ1) is 16.0. The Kier molecular flexibility index (Phi) is 5.51. The summed E-state index contributed by atoms with van der Waals surface area (Å²) in [5, 5.41) is 18.6. The molecule has 2 heterocycles. The summed E-state index contributed by atoms with van der Waals surface area (Å²) >= 11 is 0. The Bertz CT molecular complexity index is 1370. The van der Waals surface area contributed by atoms with E-state index in [4.69, 9.17) is 4.74 Å². The number of aliphatic hydroxyl groups is 1. The van der Waals surface area contributed by atoms with Crippen molar-refractivity contribution in [3.05, 3.63) is 70.9 Å². The lowest BCUT2D eigenvalue weighted by Crippen LogP contribution is -2.23. The number of nitrogens with zero attached hydrogens (tertiary/aromatic N) is 4. The highest BCUT2D eigenvalue weighted by atomic mass is 16.5. The SMILES string of the molecule is COc1cccc(-c2ccc3c(=O)n(-c4ncc(NC5CCC(O)C5)cn4)ncc3c2)c1C. The average molecular weight is 444 g/mol. The Balaban J connectivity index is 1.44. The molecule has 1 aliphatic carbocycles. The first-order valence-corrected chi connectivity index (χ1v) is 11.0. The van der Waals surface area contributed by atoms with Gasteiger partial charge >= 0.3 is 0 Å². The molecule has 0 saturated heterocycles. The first-order valence-electron chi connectivity index (χ1n) is 11.0. The molecular weight excluding hydrogens is 418 g/mol. The maximum atomic E-state index is 13.1. The lowest BCUT2D eigenvalue weighted by Gasteiger charge is -2.13. The van der Waals surface area contributed by atoms with Gasteiger partial charge in [0.25, 0.3) is 11.5 Å². The van der Waals surface area contributed by atoms with E-state index in [9.17, 15) is 9.90 Å². The highest BCUT2D eigenvalue weighted by Crippen LogP contribution is 2.31. The Hall–Kier alpha value is -3.78. The van der Waals surface area contributed by atoms with Crippen LogP contribution in [0.5, 0.6) is 5.75 Å². The number of rotatable bonds is 5. The average Bonchev–Trinajstić information content (AvgIpc) is 3.24. The quantitative estimate of drug-likeness (QED) is 0.487. The summed E-state index contributed by atoms with van der Waals surface area (Å²) in [5.74, 6) is 1.03. The topological polar surface area (TPSA) is 102 Å². The summed E-state index contributed by atoms with van der Waals surface area (Å²) in [6.45, 7) is 2.01. The van der Waals surface area contributed by atoms with E-state index in [1.165, 1.54) is 4.68 Å². The summed E-state index contributed by atoms with van der Waals surface area (Å²) in [7, 11) is 1.66. The molecule has 2 unspecified atom stereocenters. The fraction of sp³-hybridized carbons (Fsp3) is 0.280. The molecule has 2 N–H and O–H groups in total. The van der Waals surface area contributed by atoms with E-state index in [0.717, 1.165) is 46.4 Å². The number of anilines is 1. The maximum Gasteiger partial charge on any atom is 0.282 e. The number of benzene rings is 2. The van der Waals surface area contributed by atoms with Gasteiger partial charge in [-0.15, -0.1) is 0 Å². The van der Waals surface area contributed by atoms with Crippen LogP contribution in [0.2, 0.25) is 0 Å². The largest absolute Gasteiger partial charge is 0.496 e. The van der Waals surface area contributed by atoms with Crippen molar-refractivity contribution < 1.29 is 9.84 Å². The van der Waals surface area contributed by atoms with E-state index < -0.39 is 0 Å². The number of methoxy groups -OCH3 is 1. The van der Waals surface area contributed by atoms with Gasteiger partial charge in [0, 0.05) is 11.4 Å². The van der Waals surface area contributed by atoms with E-state index in [1.54, 1.807) is 25.7 Å². The third kappa shape index (κ3) is 4.05. The number of aromatic nitrogens is 4. The van der Waals surface area contributed by atoms with Crippen molar-refractivity contribution in [1.29, 1.82) is 0 Å². The van der Waals surface area contributed by atoms with Crippen molar-refractivity contribution in [3.8, 4) is 22.8 Å². The number of nitrogens with one attached hydrogen (secondary N) is 1. The molecule has 168 valence electrons. The van der Waals surface area contributed by atoms with Crippen molar-refractivity contribution in [2.24, 2.45) is 0 Å². The van der Waals surface area contributed by atoms with Crippen molar-refractivity contribution in [1.82, 2.24) is 19.7 Å². The second kappa shape index (κ2) is 8.63. The normalized spacial score (nSPS) is 17.9. The summed E-state index contributed by atoms with van der Waals surface area (Å²) < 4.78 is 6.64. The molecule has 0 radical (unpaired) electrons. The molecule has 1 saturated carbocycles. The zero-order valence-electron chi connectivity index (χ0n) is 18.5. The smallest absolute Gasteiger partial charge is 0.282 e. The van der Waals surface area contributed by atoms with Crippen LogP contribution in [-0.2, 0) is 0 Å². The van der Waals surface area contributed by atoms with E-state index in [-0.39, 0.29) is 23.7 Å². The van der Waals surface area contributed by atoms with E-state index in [2.05, 4.69) is 20.4 Å². The number of aliphatic hydroxyl groups excluding tert-OH is 1. The molecule has 0 amide bonds. The van der Waals surface area contributed by atoms with E-state index >= 15 is 0 Å². The van der Waals surface area contributed by atoms with Gasteiger partial charge in [0.2, 0.25) is 0 Å². The molecule has 0 aliphatic heterocycles. The third-order valence-corrected chi connectivity index (χ3v) is 6.21. The summed E-state index contributed by atoms with van der Waals surface area (Å²) in [4.78, 5) is 21.7. The molecule has 0 bridgehead atoms. The molecule has 8 nitrogen and oxygen atoms in total. The monoisotopic (exact) mass is 443 g/mol. The van der Waals surface area contributed by atoms with Crippen LogP contribution in [0, 0.1) is 6.92 Å². The van der Waals surface area contributed by atoms with Gasteiger partial charge in [0.05, 0.1) is 42.9 Å². The van der Waals surface area contributed by atoms with Crippen LogP contribution in [0.25, 0.3) is 27.8 Å². The molecule has 0 spiro atoms. The molecule has 1 fully saturated rings. The highest BCUT2D eigenvalue weighted by Gasteiger charge is 2.22. The minimum absolute atomic E-state index is 0.207. The van der Waals surface area contributed by atoms with Crippen LogP contribution < -0.4 is 15.6 Å². The van der Waals surface area contributed by atoms with Crippen molar-refractivity contribution in [2.75, 3.05) is 12.4 Å². The lowest BCUT2D eigenvalue weighted by atomic mass is 9.98. The van der Waals surface area contributed by atoms with Crippen molar-refractivity contribution >= 4 is 16.5 Å². The number of hydrogen-bond donors (Lipinski definition) is 2. The molecule has 8 heteroatoms. The van der Waals surface area contributed by atoms with Crippen LogP contribution in [0.15, 0.2) is 59.8 Å². The van der Waals surface area contributed by atoms with Gasteiger partial charge in [-0.2, -0.15) is 9.78 Å². The van der Waals surface area contributed by atoms with Crippen LogP contribution in [0.3, 0.4) is 0 Å². The van der Waals surface area contributed by atoms with Gasteiger partial charge in [-0.1, -0.05) is 18.2 Å². The summed E-state index contributed by atoms with van der Waals surface area (Å²) in [5.41, 5.74) is 3.55. The van der Waals surface area contributed by atoms with Gasteiger partial charge in [0.15, 0.2) is 0 Å². The molecular formula is C25H25N5O3. The molecule has 2 aromatic heterocycles. The predicted molar refractivity (Wildman–Crippen MR) is 127 cm³/mol. The first kappa shape index (κ1) is 21.1. The highest BCUT2D eigenvalue weighted by molar-refractivity contribution is 5.87. The fourth-order valence-electron chi connectivity index (χ4n) is 4.44. The van der Waals surface area contributed by atoms with Crippen LogP contribution >= 0.6 is 0 Å². The molecule has 5 rings (SSSR count). The minimum atomic E-state index is -0.277. The fourth-order valence-corrected chi connectivity index (χ4v) is 4.44. The second-order valence-corrected chi connectivity index (χ2v) is 8.38. The van der Waals surface area contributed by atoms with Gasteiger partial charge in [-0.05, 0) is 61.1 Å². The molecule has 1 aliphatic rings. The lowest BCUT2D eigenvalue weighted by molar-refractivity contribution is 0.182. The maximum absolute atomic E-state index is 13.1. The zero-order chi connectivity index (χ0) is 22.9. The Morgan fingerprint density at radius 3 is 2.67 bits per heavy atom. The Labute approximate surface area is 190 Å². The van der Waals surface area contributed by atoms with Crippen LogP contribution in [0.4, 0.5) is 5.69 Å². The predicted octanol–water partition coefficient (Wildman–Crippen LogP) is 3.49. The number of fused-ring (bicyclic) bond motifs is 1. The van der Waals surface area contributed by atoms with E-state index in [1.807, 2.05) is 43.3 Å². The van der Waals surface area contributed by atoms with Crippen molar-refractivity contribution in [3.63, 3.8) is 0 Å². The van der Waals surface area contributed by atoms with Gasteiger partial charge in [-0.3, -0.25) is 4.79 Å². The number of hydrogen-bond acceptors (Lipinski definition) is 7. The van der Waals surface area contributed by atoms with Gasteiger partial charge in [-0.25, -0.2) is 9.97 Å². The molecule has 33 heavy (non-hydrogen) atoms. The number of ether oxygens (including phenoxy) is 1. The van der Waals surface area contributed by atoms with Gasteiger partial charge in [0.1, 0.15) is 5.75 Å². The minimum Gasteiger partial charge on any atom is -0.496 e. The standard InChI is InChI=1S/C25H25N5O3/c1-15-21(4-3-5-23(15)33-2)16-6-9-22-17(10-16)12-28-30(24(22)32)25-26-13-19(14-27-25)29-18-7-8-20(31)11-18/h3-6,9-10,12-14,18,20,29,31H,7-8,11H2,1-2H3. The molecule has 4 aromatic rings. The summed E-state index contributed by atoms with van der Waals surface area (Å²) in [6, 6.07) is 11.8. The van der Waals surface area contributed by atoms with Crippen LogP contribution in [-0.4, -0.2) is 44.1 Å². The molecule has 2 atom stereocenters. The Morgan fingerprint density at radius 2 is 1.94 bits per heavy atom. The third-order valence-electron chi connectivity index (χ3n) is 6.21. The van der Waals surface area contributed by atoms with Gasteiger partial charge < -0.3 is 15.2 Å². The zero-order valence-corrected chi connectivity index (χ0v) is 18.5. The second-order valence-electron chi connectivity index (χ2n) is 8.38.